The van der Waals surface area contributed by atoms with Gasteiger partial charge in [-0.2, -0.15) is 0 Å². The van der Waals surface area contributed by atoms with Crippen LogP contribution in [0.25, 0.3) is 0 Å². The topological polar surface area (TPSA) is 130 Å². The number of hydrogen-bond acceptors (Lipinski definition) is 5. The number of nitro groups is 1. The highest BCUT2D eigenvalue weighted by molar-refractivity contribution is 5.97. The van der Waals surface area contributed by atoms with Crippen LogP contribution in [0.2, 0.25) is 0 Å². The van der Waals surface area contributed by atoms with Gasteiger partial charge < -0.3 is 14.9 Å². The Morgan fingerprint density at radius 3 is 2.39 bits per heavy atom. The molecule has 0 unspecified atom stereocenters. The van der Waals surface area contributed by atoms with Crippen LogP contribution in [0, 0.1) is 29.9 Å². The van der Waals surface area contributed by atoms with Crippen LogP contribution in [0.4, 0.5) is 5.69 Å². The molecule has 2 N–H and O–H groups in total. The minimum atomic E-state index is -1.08. The van der Waals surface area contributed by atoms with E-state index >= 15 is 0 Å². The van der Waals surface area contributed by atoms with Gasteiger partial charge in [0.1, 0.15) is 5.56 Å². The van der Waals surface area contributed by atoms with Crippen molar-refractivity contribution in [1.29, 1.82) is 0 Å². The molecule has 2 heterocycles. The molecule has 9 nitrogen and oxygen atoms in total. The molecule has 0 atom stereocenters. The van der Waals surface area contributed by atoms with Gasteiger partial charge in [-0.3, -0.25) is 24.5 Å². The molecule has 0 aliphatic heterocycles. The van der Waals surface area contributed by atoms with Crippen LogP contribution in [0.5, 0.6) is 0 Å². The highest BCUT2D eigenvalue weighted by atomic mass is 16.6. The number of aryl methyl sites for hydroxylation is 1. The molecule has 0 radical (unpaired) electrons. The smallest absolute Gasteiger partial charge is 0.286 e. The van der Waals surface area contributed by atoms with E-state index in [4.69, 9.17) is 5.73 Å². The molecule has 0 saturated heterocycles. The third-order valence-corrected chi connectivity index (χ3v) is 4.67. The van der Waals surface area contributed by atoms with Crippen molar-refractivity contribution in [3.8, 4) is 0 Å². The predicted molar refractivity (Wildman–Crippen MR) is 104 cm³/mol. The molecule has 2 aromatic rings. The van der Waals surface area contributed by atoms with E-state index in [1.807, 2.05) is 18.4 Å². The third kappa shape index (κ3) is 4.36. The second-order valence-electron chi connectivity index (χ2n) is 7.21. The summed E-state index contributed by atoms with van der Waals surface area (Å²) in [5, 5.41) is 11.1. The Morgan fingerprint density at radius 2 is 1.86 bits per heavy atom. The minimum Gasteiger partial charge on any atom is -0.365 e. The summed E-state index contributed by atoms with van der Waals surface area (Å²) in [4.78, 5) is 46.9. The molecule has 28 heavy (non-hydrogen) atoms. The lowest BCUT2D eigenvalue weighted by Gasteiger charge is -2.11. The number of aromatic nitrogens is 2. The third-order valence-electron chi connectivity index (χ3n) is 4.67. The van der Waals surface area contributed by atoms with Crippen molar-refractivity contribution in [2.75, 3.05) is 0 Å². The molecule has 2 rings (SSSR count). The van der Waals surface area contributed by atoms with Crippen molar-refractivity contribution in [1.82, 2.24) is 9.13 Å². The highest BCUT2D eigenvalue weighted by Gasteiger charge is 2.21. The number of nitrogens with zero attached hydrogens (tertiary/aromatic N) is 3. The average molecular weight is 388 g/mol. The summed E-state index contributed by atoms with van der Waals surface area (Å²) in [6.45, 7) is 8.30. The van der Waals surface area contributed by atoms with Crippen LogP contribution in [0.3, 0.4) is 0 Å². The zero-order chi connectivity index (χ0) is 21.2. The first kappa shape index (κ1) is 21.1. The van der Waals surface area contributed by atoms with Crippen molar-refractivity contribution in [2.24, 2.45) is 11.7 Å². The maximum absolute atomic E-state index is 12.8. The summed E-state index contributed by atoms with van der Waals surface area (Å²) < 4.78 is 2.90. The van der Waals surface area contributed by atoms with Crippen LogP contribution in [0.15, 0.2) is 23.1 Å². The van der Waals surface area contributed by atoms with E-state index in [9.17, 15) is 24.5 Å². The van der Waals surface area contributed by atoms with Crippen molar-refractivity contribution in [3.05, 3.63) is 61.3 Å². The van der Waals surface area contributed by atoms with Crippen molar-refractivity contribution in [2.45, 2.75) is 47.2 Å². The number of nitrogens with two attached hydrogens (primary N) is 1. The average Bonchev–Trinajstić information content (AvgIpc) is 2.88. The van der Waals surface area contributed by atoms with Crippen LogP contribution in [0.1, 0.15) is 52.4 Å². The predicted octanol–water partition coefficient (Wildman–Crippen LogP) is 2.20. The van der Waals surface area contributed by atoms with E-state index < -0.39 is 34.2 Å². The summed E-state index contributed by atoms with van der Waals surface area (Å²) in [6, 6.07) is 2.57. The number of pyridine rings is 1. The molecule has 2 aromatic heterocycles. The second-order valence-corrected chi connectivity index (χ2v) is 7.21. The molecule has 150 valence electrons. The van der Waals surface area contributed by atoms with Crippen LogP contribution in [-0.4, -0.2) is 25.7 Å². The number of primary amides is 1. The Kier molecular flexibility index (Phi) is 6.17. The lowest BCUT2D eigenvalue weighted by molar-refractivity contribution is -0.385. The number of amides is 1. The van der Waals surface area contributed by atoms with Gasteiger partial charge in [0.25, 0.3) is 17.2 Å². The Balaban J connectivity index is 2.40. The molecule has 0 fully saturated rings. The molecule has 1 amide bonds. The fraction of sp³-hybridized carbons (Fsp3) is 0.421. The summed E-state index contributed by atoms with van der Waals surface area (Å²) >= 11 is 0. The van der Waals surface area contributed by atoms with E-state index in [0.717, 1.165) is 41.2 Å². The highest BCUT2D eigenvalue weighted by Crippen LogP contribution is 2.19. The van der Waals surface area contributed by atoms with Gasteiger partial charge in [0.15, 0.2) is 5.78 Å². The maximum Gasteiger partial charge on any atom is 0.286 e. The molecule has 9 heteroatoms. The first-order valence-electron chi connectivity index (χ1n) is 8.91. The molecular formula is C19H24N4O5. The van der Waals surface area contributed by atoms with Gasteiger partial charge >= 0.3 is 0 Å². The number of carbonyl (C=O) groups is 2. The van der Waals surface area contributed by atoms with E-state index in [0.29, 0.717) is 11.5 Å². The lowest BCUT2D eigenvalue weighted by Crippen LogP contribution is -2.31. The molecule has 0 aliphatic carbocycles. The van der Waals surface area contributed by atoms with Gasteiger partial charge in [-0.15, -0.1) is 0 Å². The van der Waals surface area contributed by atoms with Crippen molar-refractivity contribution in [3.63, 3.8) is 0 Å². The van der Waals surface area contributed by atoms with Crippen LogP contribution in [-0.2, 0) is 13.1 Å². The summed E-state index contributed by atoms with van der Waals surface area (Å²) in [6.07, 6.45) is 1.90. The molecule has 0 bridgehead atoms. The Bertz CT molecular complexity index is 1000. The van der Waals surface area contributed by atoms with Gasteiger partial charge in [-0.1, -0.05) is 13.8 Å². The quantitative estimate of drug-likeness (QED) is 0.421. The van der Waals surface area contributed by atoms with E-state index in [2.05, 4.69) is 13.8 Å². The summed E-state index contributed by atoms with van der Waals surface area (Å²) in [7, 11) is 0. The maximum atomic E-state index is 12.8. The van der Waals surface area contributed by atoms with Gasteiger partial charge in [0, 0.05) is 29.6 Å². The van der Waals surface area contributed by atoms with E-state index in [-0.39, 0.29) is 5.78 Å². The normalized spacial score (nSPS) is 11.0. The zero-order valence-corrected chi connectivity index (χ0v) is 16.4. The summed E-state index contributed by atoms with van der Waals surface area (Å²) in [5.74, 6) is -0.945. The van der Waals surface area contributed by atoms with Crippen LogP contribution >= 0.6 is 0 Å². The fourth-order valence-corrected chi connectivity index (χ4v) is 3.07. The largest absolute Gasteiger partial charge is 0.365 e. The van der Waals surface area contributed by atoms with Gasteiger partial charge in [0.05, 0.1) is 17.7 Å². The zero-order valence-electron chi connectivity index (χ0n) is 16.4. The number of ketones is 1. The first-order valence-corrected chi connectivity index (χ1v) is 8.91. The Labute approximate surface area is 161 Å². The minimum absolute atomic E-state index is 0.373. The van der Waals surface area contributed by atoms with Gasteiger partial charge in [0.2, 0.25) is 0 Å². The van der Waals surface area contributed by atoms with E-state index in [1.54, 1.807) is 6.07 Å². The first-order chi connectivity index (χ1) is 13.0. The van der Waals surface area contributed by atoms with E-state index in [1.165, 1.54) is 0 Å². The monoisotopic (exact) mass is 388 g/mol. The fourth-order valence-electron chi connectivity index (χ4n) is 3.07. The molecule has 0 spiro atoms. The van der Waals surface area contributed by atoms with Crippen LogP contribution < -0.4 is 11.3 Å². The number of carbonyl (C=O) groups excluding carboxylic acids is 2. The molecule has 0 saturated carbocycles. The number of hydrogen-bond donors (Lipinski definition) is 1. The lowest BCUT2D eigenvalue weighted by atomic mass is 10.1. The molecule has 0 aliphatic rings. The van der Waals surface area contributed by atoms with Crippen molar-refractivity contribution < 1.29 is 14.5 Å². The van der Waals surface area contributed by atoms with Gasteiger partial charge in [-0.05, 0) is 32.3 Å². The molecular weight excluding hydrogens is 364 g/mol. The Morgan fingerprint density at radius 1 is 1.21 bits per heavy atom. The second kappa shape index (κ2) is 8.20. The number of rotatable bonds is 8. The summed E-state index contributed by atoms with van der Waals surface area (Å²) in [5.41, 5.74) is 5.44. The standard InChI is InChI=1S/C19H24N4O5/c1-11(2)5-6-22-12(3)7-15(13(22)4)17(24)10-21-9-14(23(27)28)8-16(18(20)25)19(21)26/h7-9,11H,5-6,10H2,1-4H3,(H2,20,25). The number of Topliss-reactive ketones (excluding diaryl/α,β-unsaturated/α-hetero) is 1. The van der Waals surface area contributed by atoms with Gasteiger partial charge in [-0.25, -0.2) is 0 Å². The SMILES string of the molecule is Cc1cc(C(=O)Cn2cc([N+](=O)[O-])cc(C(N)=O)c2=O)c(C)n1CCC(C)C. The van der Waals surface area contributed by atoms with Crippen molar-refractivity contribution >= 4 is 17.4 Å². The Hall–Kier alpha value is -3.23. The molecule has 0 aromatic carbocycles.